The Bertz CT molecular complexity index is 1060. The molecule has 1 aromatic heterocycles. The summed E-state index contributed by atoms with van der Waals surface area (Å²) in [7, 11) is 0. The number of rotatable bonds is 4. The highest BCUT2D eigenvalue weighted by Gasteiger charge is 2.18. The minimum Gasteiger partial charge on any atom is -0.490 e. The van der Waals surface area contributed by atoms with Crippen molar-refractivity contribution < 1.29 is 18.8 Å². The number of halogens is 1. The molecule has 28 heavy (non-hydrogen) atoms. The maximum Gasteiger partial charge on any atom is 0.442 e. The standard InChI is InChI=1S/C19H16ClN3O5/c20-13-9-15-16(27-8-4-7-26-15)10-14(13)21-17(24)11-23-18(22-28-19(23)25)12-5-2-1-3-6-12/h1-3,5-6,9-10H,4,7-8,11H2,(H,21,24). The minimum atomic E-state index is -0.723. The molecule has 1 amide bonds. The average molecular weight is 402 g/mol. The number of ether oxygens (including phenoxy) is 2. The molecule has 0 fully saturated rings. The lowest BCUT2D eigenvalue weighted by Crippen LogP contribution is -2.25. The summed E-state index contributed by atoms with van der Waals surface area (Å²) < 4.78 is 17.1. The quantitative estimate of drug-likeness (QED) is 0.722. The van der Waals surface area contributed by atoms with Crippen molar-refractivity contribution >= 4 is 23.2 Å². The molecule has 0 unspecified atom stereocenters. The molecule has 0 aliphatic carbocycles. The third kappa shape index (κ3) is 3.72. The van der Waals surface area contributed by atoms with Crippen LogP contribution in [0.25, 0.3) is 11.4 Å². The minimum absolute atomic E-state index is 0.269. The molecule has 0 saturated heterocycles. The molecule has 1 aliphatic heterocycles. The third-order valence-corrected chi connectivity index (χ3v) is 4.44. The highest BCUT2D eigenvalue weighted by Crippen LogP contribution is 2.37. The van der Waals surface area contributed by atoms with Crippen LogP contribution in [0.3, 0.4) is 0 Å². The molecule has 0 radical (unpaired) electrons. The molecule has 144 valence electrons. The number of hydrogen-bond acceptors (Lipinski definition) is 6. The summed E-state index contributed by atoms with van der Waals surface area (Å²) in [5, 5.41) is 6.76. The van der Waals surface area contributed by atoms with Crippen LogP contribution >= 0.6 is 11.6 Å². The molecular formula is C19H16ClN3O5. The Balaban J connectivity index is 1.56. The number of aromatic nitrogens is 2. The van der Waals surface area contributed by atoms with Crippen LogP contribution in [-0.4, -0.2) is 28.8 Å². The van der Waals surface area contributed by atoms with Gasteiger partial charge in [0, 0.05) is 24.1 Å². The summed E-state index contributed by atoms with van der Waals surface area (Å²) in [5.41, 5.74) is 1.02. The van der Waals surface area contributed by atoms with E-state index >= 15 is 0 Å². The average Bonchev–Trinajstić information content (AvgIpc) is 2.90. The molecule has 8 nitrogen and oxygen atoms in total. The fourth-order valence-corrected chi connectivity index (χ4v) is 3.02. The lowest BCUT2D eigenvalue weighted by molar-refractivity contribution is -0.116. The lowest BCUT2D eigenvalue weighted by atomic mass is 10.2. The molecule has 2 heterocycles. The third-order valence-electron chi connectivity index (χ3n) is 4.13. The predicted octanol–water partition coefficient (Wildman–Crippen LogP) is 2.96. The fourth-order valence-electron chi connectivity index (χ4n) is 2.82. The summed E-state index contributed by atoms with van der Waals surface area (Å²) >= 11 is 6.25. The van der Waals surface area contributed by atoms with Crippen LogP contribution in [0.5, 0.6) is 11.5 Å². The first kappa shape index (κ1) is 18.1. The lowest BCUT2D eigenvalue weighted by Gasteiger charge is -2.12. The van der Waals surface area contributed by atoms with Crippen molar-refractivity contribution in [1.29, 1.82) is 0 Å². The summed E-state index contributed by atoms with van der Waals surface area (Å²) in [5.74, 6) is 0.120. The highest BCUT2D eigenvalue weighted by molar-refractivity contribution is 6.34. The largest absolute Gasteiger partial charge is 0.490 e. The molecule has 9 heteroatoms. The van der Waals surface area contributed by atoms with Crippen molar-refractivity contribution in [3.63, 3.8) is 0 Å². The Morgan fingerprint density at radius 2 is 1.86 bits per heavy atom. The predicted molar refractivity (Wildman–Crippen MR) is 102 cm³/mol. The first-order chi connectivity index (χ1) is 13.6. The SMILES string of the molecule is O=C(Cn1c(-c2ccccc2)noc1=O)Nc1cc2c(cc1Cl)OCCCO2. The Kier molecular flexibility index (Phi) is 5.03. The van der Waals surface area contributed by atoms with Crippen molar-refractivity contribution in [2.45, 2.75) is 13.0 Å². The number of carbonyl (C=O) groups is 1. The van der Waals surface area contributed by atoms with Gasteiger partial charge in [0.1, 0.15) is 6.54 Å². The van der Waals surface area contributed by atoms with Crippen LogP contribution in [0.2, 0.25) is 5.02 Å². The summed E-state index contributed by atoms with van der Waals surface area (Å²) in [6, 6.07) is 12.2. The van der Waals surface area contributed by atoms with Gasteiger partial charge in [-0.15, -0.1) is 0 Å². The number of nitrogens with one attached hydrogen (secondary N) is 1. The second-order valence-electron chi connectivity index (χ2n) is 6.10. The van der Waals surface area contributed by atoms with E-state index in [-0.39, 0.29) is 12.4 Å². The summed E-state index contributed by atoms with van der Waals surface area (Å²) in [6.07, 6.45) is 0.757. The normalized spacial score (nSPS) is 13.0. The van der Waals surface area contributed by atoms with Gasteiger partial charge in [-0.1, -0.05) is 47.1 Å². The first-order valence-electron chi connectivity index (χ1n) is 8.63. The first-order valence-corrected chi connectivity index (χ1v) is 9.00. The second kappa shape index (κ2) is 7.77. The van der Waals surface area contributed by atoms with Crippen LogP contribution in [0.4, 0.5) is 5.69 Å². The number of benzene rings is 2. The van der Waals surface area contributed by atoms with Gasteiger partial charge in [0.2, 0.25) is 5.91 Å². The highest BCUT2D eigenvalue weighted by atomic mass is 35.5. The molecule has 0 bridgehead atoms. The van der Waals surface area contributed by atoms with E-state index in [2.05, 4.69) is 10.5 Å². The van der Waals surface area contributed by atoms with E-state index in [1.54, 1.807) is 36.4 Å². The Morgan fingerprint density at radius 3 is 2.61 bits per heavy atom. The van der Waals surface area contributed by atoms with Crippen molar-refractivity contribution in [1.82, 2.24) is 9.72 Å². The number of nitrogens with zero attached hydrogens (tertiary/aromatic N) is 2. The molecule has 4 rings (SSSR count). The number of fused-ring (bicyclic) bond motifs is 1. The van der Waals surface area contributed by atoms with E-state index in [0.717, 1.165) is 11.0 Å². The van der Waals surface area contributed by atoms with Crippen molar-refractivity contribution in [3.8, 4) is 22.9 Å². The van der Waals surface area contributed by atoms with E-state index in [4.69, 9.17) is 25.6 Å². The molecule has 0 spiro atoms. The maximum atomic E-state index is 12.5. The summed E-state index contributed by atoms with van der Waals surface area (Å²) in [4.78, 5) is 24.5. The molecule has 3 aromatic rings. The number of amides is 1. The van der Waals surface area contributed by atoms with Crippen LogP contribution in [0.15, 0.2) is 51.8 Å². The van der Waals surface area contributed by atoms with Crippen LogP contribution in [-0.2, 0) is 11.3 Å². The number of carbonyl (C=O) groups excluding carboxylic acids is 1. The van der Waals surface area contributed by atoms with Gasteiger partial charge in [-0.05, 0) is 0 Å². The molecule has 1 N–H and O–H groups in total. The number of hydrogen-bond donors (Lipinski definition) is 1. The van der Waals surface area contributed by atoms with Crippen LogP contribution < -0.4 is 20.5 Å². The van der Waals surface area contributed by atoms with Crippen molar-refractivity contribution in [2.75, 3.05) is 18.5 Å². The van der Waals surface area contributed by atoms with Crippen molar-refractivity contribution in [3.05, 3.63) is 58.0 Å². The van der Waals surface area contributed by atoms with Gasteiger partial charge >= 0.3 is 5.76 Å². The topological polar surface area (TPSA) is 95.6 Å². The Labute approximate surface area is 164 Å². The van der Waals surface area contributed by atoms with Gasteiger partial charge in [-0.3, -0.25) is 9.32 Å². The second-order valence-corrected chi connectivity index (χ2v) is 6.51. The monoisotopic (exact) mass is 401 g/mol. The zero-order valence-corrected chi connectivity index (χ0v) is 15.4. The van der Waals surface area contributed by atoms with E-state index < -0.39 is 11.7 Å². The molecule has 1 aliphatic rings. The Morgan fingerprint density at radius 1 is 1.14 bits per heavy atom. The van der Waals surface area contributed by atoms with E-state index in [0.29, 0.717) is 41.0 Å². The van der Waals surface area contributed by atoms with Gasteiger partial charge in [-0.2, -0.15) is 0 Å². The van der Waals surface area contributed by atoms with E-state index in [1.807, 2.05) is 6.07 Å². The van der Waals surface area contributed by atoms with Crippen LogP contribution in [0.1, 0.15) is 6.42 Å². The van der Waals surface area contributed by atoms with E-state index in [1.165, 1.54) is 0 Å². The molecule has 0 atom stereocenters. The van der Waals surface area contributed by atoms with Gasteiger partial charge in [0.15, 0.2) is 17.3 Å². The molecular weight excluding hydrogens is 386 g/mol. The number of anilines is 1. The van der Waals surface area contributed by atoms with Crippen LogP contribution in [0, 0.1) is 0 Å². The smallest absolute Gasteiger partial charge is 0.442 e. The zero-order valence-electron chi connectivity index (χ0n) is 14.7. The van der Waals surface area contributed by atoms with Gasteiger partial charge in [0.05, 0.1) is 23.9 Å². The summed E-state index contributed by atoms with van der Waals surface area (Å²) in [6.45, 7) is 0.767. The van der Waals surface area contributed by atoms with Gasteiger partial charge in [0.25, 0.3) is 0 Å². The van der Waals surface area contributed by atoms with Gasteiger partial charge in [-0.25, -0.2) is 9.36 Å². The zero-order chi connectivity index (χ0) is 19.5. The molecule has 0 saturated carbocycles. The Hall–Kier alpha value is -3.26. The van der Waals surface area contributed by atoms with E-state index in [9.17, 15) is 9.59 Å². The van der Waals surface area contributed by atoms with Gasteiger partial charge < -0.3 is 14.8 Å². The molecule has 2 aromatic carbocycles. The van der Waals surface area contributed by atoms with Crippen molar-refractivity contribution in [2.24, 2.45) is 0 Å². The maximum absolute atomic E-state index is 12.5. The fraction of sp³-hybridized carbons (Fsp3) is 0.211.